The number of pyridine rings is 1. The van der Waals surface area contributed by atoms with Gasteiger partial charge in [0.15, 0.2) is 0 Å². The third-order valence-corrected chi connectivity index (χ3v) is 5.72. The Balaban J connectivity index is 1.75. The molecule has 0 spiro atoms. The summed E-state index contributed by atoms with van der Waals surface area (Å²) in [6, 6.07) is 11.2. The molecule has 2 aromatic rings. The fourth-order valence-electron chi connectivity index (χ4n) is 4.29. The minimum atomic E-state index is 0.259. The number of fused-ring (bicyclic) bond motifs is 1. The molecule has 0 unspecified atom stereocenters. The molecule has 0 saturated heterocycles. The molecule has 1 aromatic carbocycles. The average Bonchev–Trinajstić information content (AvgIpc) is 2.66. The van der Waals surface area contributed by atoms with E-state index in [-0.39, 0.29) is 5.41 Å². The van der Waals surface area contributed by atoms with Crippen molar-refractivity contribution in [1.82, 2.24) is 9.88 Å². The van der Waals surface area contributed by atoms with Crippen LogP contribution in [0.15, 0.2) is 42.6 Å². The molecule has 0 radical (unpaired) electrons. The van der Waals surface area contributed by atoms with Crippen molar-refractivity contribution in [3.05, 3.63) is 70.7 Å². The number of hydrogen-bond donors (Lipinski definition) is 0. The van der Waals surface area contributed by atoms with Gasteiger partial charge in [-0.2, -0.15) is 0 Å². The van der Waals surface area contributed by atoms with Crippen LogP contribution in [0.3, 0.4) is 0 Å². The number of rotatable bonds is 6. The molecule has 0 N–H and O–H groups in total. The van der Waals surface area contributed by atoms with E-state index in [0.717, 1.165) is 42.9 Å². The third kappa shape index (κ3) is 5.20. The van der Waals surface area contributed by atoms with Crippen LogP contribution in [0.1, 0.15) is 74.7 Å². The zero-order chi connectivity index (χ0) is 21.2. The van der Waals surface area contributed by atoms with Crippen molar-refractivity contribution < 1.29 is 4.74 Å². The molecular formula is C26H36N2O. The van der Waals surface area contributed by atoms with Crippen LogP contribution in [0.5, 0.6) is 5.75 Å². The maximum atomic E-state index is 6.11. The molecule has 1 aliphatic rings. The number of aromatic nitrogens is 1. The summed E-state index contributed by atoms with van der Waals surface area (Å²) in [4.78, 5) is 7.14. The van der Waals surface area contributed by atoms with Crippen molar-refractivity contribution in [2.24, 2.45) is 5.41 Å². The monoisotopic (exact) mass is 392 g/mol. The van der Waals surface area contributed by atoms with Crippen molar-refractivity contribution in [2.45, 2.75) is 73.5 Å². The topological polar surface area (TPSA) is 25.4 Å². The second-order valence-electron chi connectivity index (χ2n) is 9.54. The summed E-state index contributed by atoms with van der Waals surface area (Å²) >= 11 is 0. The van der Waals surface area contributed by atoms with Crippen LogP contribution >= 0.6 is 0 Å². The molecule has 3 nitrogen and oxygen atoms in total. The molecule has 1 aromatic heterocycles. The molecule has 1 atom stereocenters. The number of hydrogen-bond acceptors (Lipinski definition) is 3. The van der Waals surface area contributed by atoms with Crippen molar-refractivity contribution in [2.75, 3.05) is 6.54 Å². The highest BCUT2D eigenvalue weighted by atomic mass is 16.5. The Morgan fingerprint density at radius 3 is 2.66 bits per heavy atom. The van der Waals surface area contributed by atoms with Gasteiger partial charge in [0.2, 0.25) is 0 Å². The van der Waals surface area contributed by atoms with Crippen LogP contribution in [0.25, 0.3) is 0 Å². The summed E-state index contributed by atoms with van der Waals surface area (Å²) in [7, 11) is 0. The summed E-state index contributed by atoms with van der Waals surface area (Å²) < 4.78 is 6.11. The van der Waals surface area contributed by atoms with Crippen LogP contribution in [0.2, 0.25) is 0 Å². The van der Waals surface area contributed by atoms with Gasteiger partial charge in [-0.1, -0.05) is 46.4 Å². The van der Waals surface area contributed by atoms with Gasteiger partial charge in [-0.25, -0.2) is 0 Å². The highest BCUT2D eigenvalue weighted by Gasteiger charge is 2.28. The predicted molar refractivity (Wildman–Crippen MR) is 121 cm³/mol. The van der Waals surface area contributed by atoms with E-state index in [9.17, 15) is 0 Å². The number of ether oxygens (including phenoxy) is 1. The normalized spacial score (nSPS) is 16.5. The SMILES string of the molecule is C=C(CC(C)(C)C)N1CCc2cc(OCc3nc(C)ccc3C)ccc2[C@@H]1CC. The first-order valence-corrected chi connectivity index (χ1v) is 10.8. The molecule has 2 heterocycles. The van der Waals surface area contributed by atoms with Gasteiger partial charge in [0, 0.05) is 17.9 Å². The van der Waals surface area contributed by atoms with Gasteiger partial charge < -0.3 is 9.64 Å². The summed E-state index contributed by atoms with van der Waals surface area (Å²) in [5, 5.41) is 0. The van der Waals surface area contributed by atoms with Crippen LogP contribution in [0.4, 0.5) is 0 Å². The first kappa shape index (κ1) is 21.4. The van der Waals surface area contributed by atoms with E-state index in [2.05, 4.69) is 75.3 Å². The van der Waals surface area contributed by atoms with E-state index in [1.165, 1.54) is 22.4 Å². The van der Waals surface area contributed by atoms with Crippen molar-refractivity contribution in [3.8, 4) is 5.75 Å². The fraction of sp³-hybridized carbons (Fsp3) is 0.500. The maximum Gasteiger partial charge on any atom is 0.130 e. The number of nitrogens with zero attached hydrogens (tertiary/aromatic N) is 2. The Labute approximate surface area is 176 Å². The van der Waals surface area contributed by atoms with Crippen molar-refractivity contribution >= 4 is 0 Å². The number of aryl methyl sites for hydroxylation is 2. The maximum absolute atomic E-state index is 6.11. The lowest BCUT2D eigenvalue weighted by Crippen LogP contribution is -2.35. The molecule has 3 heteroatoms. The Bertz CT molecular complexity index is 879. The largest absolute Gasteiger partial charge is 0.487 e. The molecule has 1 aliphatic heterocycles. The Morgan fingerprint density at radius 2 is 1.97 bits per heavy atom. The van der Waals surface area contributed by atoms with E-state index in [1.54, 1.807) is 0 Å². The molecule has 0 bridgehead atoms. The summed E-state index contributed by atoms with van der Waals surface area (Å²) in [6.45, 7) is 19.2. The lowest BCUT2D eigenvalue weighted by atomic mass is 9.86. The molecule has 0 aliphatic carbocycles. The zero-order valence-electron chi connectivity index (χ0n) is 19.0. The third-order valence-electron chi connectivity index (χ3n) is 5.72. The molecule has 0 fully saturated rings. The van der Waals surface area contributed by atoms with E-state index in [1.807, 2.05) is 13.0 Å². The quantitative estimate of drug-likeness (QED) is 0.558. The Morgan fingerprint density at radius 1 is 1.21 bits per heavy atom. The fourth-order valence-corrected chi connectivity index (χ4v) is 4.29. The summed E-state index contributed by atoms with van der Waals surface area (Å²) in [5.41, 5.74) is 7.56. The summed E-state index contributed by atoms with van der Waals surface area (Å²) in [6.07, 6.45) is 3.15. The van der Waals surface area contributed by atoms with Gasteiger partial charge in [-0.15, -0.1) is 0 Å². The van der Waals surface area contributed by atoms with Gasteiger partial charge in [0.25, 0.3) is 0 Å². The van der Waals surface area contributed by atoms with Gasteiger partial charge >= 0.3 is 0 Å². The second kappa shape index (κ2) is 8.61. The van der Waals surface area contributed by atoms with E-state index >= 15 is 0 Å². The van der Waals surface area contributed by atoms with Crippen LogP contribution in [-0.4, -0.2) is 16.4 Å². The van der Waals surface area contributed by atoms with Gasteiger partial charge in [0.05, 0.1) is 11.7 Å². The first-order valence-electron chi connectivity index (χ1n) is 10.8. The standard InChI is InChI=1S/C26H36N2O/c1-8-25-23-12-11-22(29-17-24-18(2)9-10-19(3)27-24)15-21(23)13-14-28(25)20(4)16-26(5,6)7/h9-12,15,25H,4,8,13-14,16-17H2,1-3,5-7H3/t25-/m0/s1. The van der Waals surface area contributed by atoms with Crippen LogP contribution in [0, 0.1) is 19.3 Å². The van der Waals surface area contributed by atoms with Crippen molar-refractivity contribution in [1.29, 1.82) is 0 Å². The van der Waals surface area contributed by atoms with Gasteiger partial charge in [-0.05, 0) is 73.4 Å². The lowest BCUT2D eigenvalue weighted by Gasteiger charge is -2.41. The predicted octanol–water partition coefficient (Wildman–Crippen LogP) is 6.54. The molecule has 0 saturated carbocycles. The summed E-state index contributed by atoms with van der Waals surface area (Å²) in [5.74, 6) is 0.934. The lowest BCUT2D eigenvalue weighted by molar-refractivity contribution is 0.208. The molecular weight excluding hydrogens is 356 g/mol. The van der Waals surface area contributed by atoms with E-state index < -0.39 is 0 Å². The highest BCUT2D eigenvalue weighted by Crippen LogP contribution is 2.38. The van der Waals surface area contributed by atoms with Crippen molar-refractivity contribution in [3.63, 3.8) is 0 Å². The second-order valence-corrected chi connectivity index (χ2v) is 9.54. The minimum absolute atomic E-state index is 0.259. The molecule has 156 valence electrons. The minimum Gasteiger partial charge on any atom is -0.487 e. The smallest absolute Gasteiger partial charge is 0.130 e. The zero-order valence-corrected chi connectivity index (χ0v) is 19.0. The van der Waals surface area contributed by atoms with Gasteiger partial charge in [0.1, 0.15) is 12.4 Å². The highest BCUT2D eigenvalue weighted by molar-refractivity contribution is 5.40. The van der Waals surface area contributed by atoms with Crippen LogP contribution in [-0.2, 0) is 13.0 Å². The average molecular weight is 393 g/mol. The molecule has 3 rings (SSSR count). The van der Waals surface area contributed by atoms with E-state index in [0.29, 0.717) is 12.6 Å². The molecule has 0 amide bonds. The molecule has 29 heavy (non-hydrogen) atoms. The first-order chi connectivity index (χ1) is 13.7. The Kier molecular flexibility index (Phi) is 6.36. The van der Waals surface area contributed by atoms with Crippen LogP contribution < -0.4 is 4.74 Å². The van der Waals surface area contributed by atoms with E-state index in [4.69, 9.17) is 4.74 Å². The number of allylic oxidation sites excluding steroid dienone is 1. The number of benzene rings is 1. The Hall–Kier alpha value is -2.29. The van der Waals surface area contributed by atoms with Gasteiger partial charge in [-0.3, -0.25) is 4.98 Å².